The fraction of sp³-hybridized carbons (Fsp3) is 0.200. The Hall–Kier alpha value is -2.11. The van der Waals surface area contributed by atoms with Gasteiger partial charge in [0.1, 0.15) is 11.4 Å². The molecule has 2 N–H and O–H groups in total. The van der Waals surface area contributed by atoms with Crippen molar-refractivity contribution in [1.29, 1.82) is 0 Å². The van der Waals surface area contributed by atoms with E-state index in [1.165, 1.54) is 13.2 Å². The van der Waals surface area contributed by atoms with Crippen molar-refractivity contribution >= 4 is 23.3 Å². The van der Waals surface area contributed by atoms with Crippen LogP contribution in [0.3, 0.4) is 0 Å². The van der Waals surface area contributed by atoms with Gasteiger partial charge in [0.15, 0.2) is 0 Å². The highest BCUT2D eigenvalue weighted by Gasteiger charge is 2.24. The van der Waals surface area contributed by atoms with Crippen LogP contribution in [0.4, 0.5) is 15.8 Å². The number of methoxy groups -OCH3 is 1. The van der Waals surface area contributed by atoms with Crippen LogP contribution < -0.4 is 10.6 Å². The van der Waals surface area contributed by atoms with E-state index in [-0.39, 0.29) is 23.7 Å². The van der Waals surface area contributed by atoms with Crippen LogP contribution in [0.2, 0.25) is 0 Å². The second kappa shape index (κ2) is 3.80. The van der Waals surface area contributed by atoms with Crippen LogP contribution in [0, 0.1) is 5.82 Å². The van der Waals surface area contributed by atoms with E-state index in [1.807, 2.05) is 0 Å². The number of hydrogen-bond donors (Lipinski definition) is 2. The lowest BCUT2D eigenvalue weighted by molar-refractivity contribution is -0.114. The lowest BCUT2D eigenvalue weighted by Gasteiger charge is -2.20. The van der Waals surface area contributed by atoms with Gasteiger partial charge in [0.2, 0.25) is 5.91 Å². The molecule has 6 heteroatoms. The van der Waals surface area contributed by atoms with E-state index in [4.69, 9.17) is 0 Å². The summed E-state index contributed by atoms with van der Waals surface area (Å²) in [5.41, 5.74) is 0.435. The first-order valence-electron chi connectivity index (χ1n) is 4.58. The number of fused-ring (bicyclic) bond motifs is 1. The fourth-order valence-electron chi connectivity index (χ4n) is 1.53. The average Bonchev–Trinajstić information content (AvgIpc) is 2.28. The summed E-state index contributed by atoms with van der Waals surface area (Å²) in [5, 5.41) is 5.21. The van der Waals surface area contributed by atoms with Crippen LogP contribution in [0.25, 0.3) is 0 Å². The van der Waals surface area contributed by atoms with Crippen LogP contribution in [-0.4, -0.2) is 25.5 Å². The van der Waals surface area contributed by atoms with Gasteiger partial charge in [0.25, 0.3) is 0 Å². The summed E-state index contributed by atoms with van der Waals surface area (Å²) < 4.78 is 17.9. The number of amides is 1. The Kier molecular flexibility index (Phi) is 2.47. The second-order valence-corrected chi connectivity index (χ2v) is 3.24. The summed E-state index contributed by atoms with van der Waals surface area (Å²) in [7, 11) is 1.17. The van der Waals surface area contributed by atoms with E-state index < -0.39 is 11.8 Å². The van der Waals surface area contributed by atoms with Crippen molar-refractivity contribution in [1.82, 2.24) is 0 Å². The van der Waals surface area contributed by atoms with Gasteiger partial charge in [0, 0.05) is 0 Å². The molecule has 1 heterocycles. The van der Waals surface area contributed by atoms with E-state index in [2.05, 4.69) is 15.4 Å². The summed E-state index contributed by atoms with van der Waals surface area (Å²) >= 11 is 0. The molecule has 84 valence electrons. The van der Waals surface area contributed by atoms with E-state index in [1.54, 1.807) is 0 Å². The summed E-state index contributed by atoms with van der Waals surface area (Å²) in [6, 6.07) is 2.50. The number of rotatable bonds is 1. The third-order valence-corrected chi connectivity index (χ3v) is 2.24. The molecule has 1 aliphatic heterocycles. The van der Waals surface area contributed by atoms with Gasteiger partial charge in [-0.05, 0) is 12.1 Å². The van der Waals surface area contributed by atoms with Crippen LogP contribution in [0.5, 0.6) is 0 Å². The molecule has 0 spiro atoms. The van der Waals surface area contributed by atoms with Crippen molar-refractivity contribution in [3.05, 3.63) is 23.5 Å². The van der Waals surface area contributed by atoms with Gasteiger partial charge in [-0.2, -0.15) is 0 Å². The molecule has 16 heavy (non-hydrogen) atoms. The minimum absolute atomic E-state index is 0.000444. The first-order valence-corrected chi connectivity index (χ1v) is 4.58. The van der Waals surface area contributed by atoms with Crippen molar-refractivity contribution in [3.8, 4) is 0 Å². The largest absolute Gasteiger partial charge is 0.465 e. The van der Waals surface area contributed by atoms with Crippen molar-refractivity contribution in [3.63, 3.8) is 0 Å². The molecule has 5 nitrogen and oxygen atoms in total. The molecule has 0 unspecified atom stereocenters. The maximum Gasteiger partial charge on any atom is 0.343 e. The Morgan fingerprint density at radius 2 is 2.25 bits per heavy atom. The van der Waals surface area contributed by atoms with Gasteiger partial charge >= 0.3 is 5.97 Å². The Labute approximate surface area is 90.6 Å². The number of anilines is 2. The average molecular weight is 224 g/mol. The van der Waals surface area contributed by atoms with Gasteiger partial charge in [0.05, 0.1) is 25.0 Å². The summed E-state index contributed by atoms with van der Waals surface area (Å²) in [5.74, 6) is -1.71. The zero-order valence-corrected chi connectivity index (χ0v) is 8.46. The molecule has 0 bridgehead atoms. The molecule has 2 rings (SSSR count). The highest BCUT2D eigenvalue weighted by atomic mass is 19.1. The summed E-state index contributed by atoms with van der Waals surface area (Å²) in [6.45, 7) is 0.000444. The van der Waals surface area contributed by atoms with Gasteiger partial charge < -0.3 is 15.4 Å². The van der Waals surface area contributed by atoms with Crippen molar-refractivity contribution in [2.45, 2.75) is 0 Å². The van der Waals surface area contributed by atoms with Crippen molar-refractivity contribution < 1.29 is 18.7 Å². The number of carbonyl (C=O) groups is 2. The maximum atomic E-state index is 13.5. The smallest absolute Gasteiger partial charge is 0.343 e. The predicted molar refractivity (Wildman–Crippen MR) is 54.9 cm³/mol. The van der Waals surface area contributed by atoms with E-state index in [0.717, 1.165) is 6.07 Å². The maximum absolute atomic E-state index is 13.5. The number of nitrogens with one attached hydrogen (secondary N) is 2. The normalized spacial score (nSPS) is 13.5. The highest BCUT2D eigenvalue weighted by molar-refractivity contribution is 6.07. The SMILES string of the molecule is COC(=O)c1c(F)ccc2c1NCC(=O)N2. The fourth-order valence-corrected chi connectivity index (χ4v) is 1.53. The zero-order valence-electron chi connectivity index (χ0n) is 8.46. The van der Waals surface area contributed by atoms with Crippen LogP contribution in [0.15, 0.2) is 12.1 Å². The Bertz CT molecular complexity index is 473. The van der Waals surface area contributed by atoms with Crippen LogP contribution >= 0.6 is 0 Å². The lowest BCUT2D eigenvalue weighted by atomic mass is 10.1. The standard InChI is InChI=1S/C10H9FN2O3/c1-16-10(15)8-5(11)2-3-6-9(8)12-4-7(14)13-6/h2-3,12H,4H2,1H3,(H,13,14). The van der Waals surface area contributed by atoms with Crippen LogP contribution in [0.1, 0.15) is 10.4 Å². The third-order valence-electron chi connectivity index (χ3n) is 2.24. The highest BCUT2D eigenvalue weighted by Crippen LogP contribution is 2.31. The first-order chi connectivity index (χ1) is 7.63. The van der Waals surface area contributed by atoms with E-state index >= 15 is 0 Å². The molecular formula is C10H9FN2O3. The Morgan fingerprint density at radius 3 is 2.94 bits per heavy atom. The Balaban J connectivity index is 2.55. The molecule has 0 fully saturated rings. The van der Waals surface area contributed by atoms with Crippen molar-refractivity contribution in [2.75, 3.05) is 24.3 Å². The van der Waals surface area contributed by atoms with Crippen LogP contribution in [-0.2, 0) is 9.53 Å². The molecular weight excluding hydrogens is 215 g/mol. The molecule has 1 aromatic carbocycles. The molecule has 0 saturated heterocycles. The van der Waals surface area contributed by atoms with E-state index in [0.29, 0.717) is 5.69 Å². The molecule has 0 aromatic heterocycles. The molecule has 0 radical (unpaired) electrons. The predicted octanol–water partition coefficient (Wildman–Crippen LogP) is 0.976. The quantitative estimate of drug-likeness (QED) is 0.698. The molecule has 1 aliphatic rings. The number of benzene rings is 1. The monoisotopic (exact) mass is 224 g/mol. The second-order valence-electron chi connectivity index (χ2n) is 3.24. The molecule has 1 aromatic rings. The molecule has 0 aliphatic carbocycles. The topological polar surface area (TPSA) is 67.4 Å². The number of carbonyl (C=O) groups excluding carboxylic acids is 2. The van der Waals surface area contributed by atoms with E-state index in [9.17, 15) is 14.0 Å². The number of esters is 1. The first kappa shape index (κ1) is 10.4. The minimum atomic E-state index is -0.780. The van der Waals surface area contributed by atoms with Gasteiger partial charge in [-0.1, -0.05) is 0 Å². The number of hydrogen-bond acceptors (Lipinski definition) is 4. The van der Waals surface area contributed by atoms with Gasteiger partial charge in [-0.15, -0.1) is 0 Å². The Morgan fingerprint density at radius 1 is 1.50 bits per heavy atom. The zero-order chi connectivity index (χ0) is 11.7. The molecule has 1 amide bonds. The van der Waals surface area contributed by atoms with Gasteiger partial charge in [-0.25, -0.2) is 9.18 Å². The number of halogens is 1. The number of ether oxygens (including phenoxy) is 1. The third kappa shape index (κ3) is 1.58. The van der Waals surface area contributed by atoms with Crippen molar-refractivity contribution in [2.24, 2.45) is 0 Å². The summed E-state index contributed by atoms with van der Waals surface area (Å²) in [4.78, 5) is 22.5. The van der Waals surface area contributed by atoms with Gasteiger partial charge in [-0.3, -0.25) is 4.79 Å². The minimum Gasteiger partial charge on any atom is -0.465 e. The molecule has 0 atom stereocenters. The summed E-state index contributed by atoms with van der Waals surface area (Å²) in [6.07, 6.45) is 0. The lowest BCUT2D eigenvalue weighted by Crippen LogP contribution is -2.29. The molecule has 0 saturated carbocycles.